The monoisotopic (exact) mass is 323 g/mol. The van der Waals surface area contributed by atoms with Crippen molar-refractivity contribution < 1.29 is 9.59 Å². The second-order valence-electron chi connectivity index (χ2n) is 6.02. The molecule has 5 heteroatoms. The van der Waals surface area contributed by atoms with Crippen LogP contribution in [0.5, 0.6) is 0 Å². The van der Waals surface area contributed by atoms with Crippen molar-refractivity contribution in [3.63, 3.8) is 0 Å². The van der Waals surface area contributed by atoms with Crippen molar-refractivity contribution in [1.29, 1.82) is 0 Å². The first kappa shape index (κ1) is 16.2. The average Bonchev–Trinajstić information content (AvgIpc) is 2.94. The Kier molecular flexibility index (Phi) is 4.60. The first-order valence-corrected chi connectivity index (χ1v) is 8.28. The van der Waals surface area contributed by atoms with Gasteiger partial charge in [-0.2, -0.15) is 0 Å². The standard InChI is InChI=1S/C19H21N3O2/c1-3-11-20-18(23)15-8-6-9-16(21-15)19(24)22-13(2)12-14-7-4-5-10-17(14)22/h4-10,13H,3,11-12H2,1-2H3,(H,20,23). The first-order valence-electron chi connectivity index (χ1n) is 8.28. The highest BCUT2D eigenvalue weighted by atomic mass is 16.2. The molecule has 0 spiro atoms. The third-order valence-electron chi connectivity index (χ3n) is 4.16. The summed E-state index contributed by atoms with van der Waals surface area (Å²) in [5.41, 5.74) is 2.66. The number of amides is 2. The van der Waals surface area contributed by atoms with Gasteiger partial charge in [0, 0.05) is 18.3 Å². The van der Waals surface area contributed by atoms with Crippen LogP contribution < -0.4 is 10.2 Å². The lowest BCUT2D eigenvalue weighted by Crippen LogP contribution is -2.36. The molecule has 1 aliphatic rings. The van der Waals surface area contributed by atoms with Gasteiger partial charge in [0.25, 0.3) is 11.8 Å². The summed E-state index contributed by atoms with van der Waals surface area (Å²) < 4.78 is 0. The maximum atomic E-state index is 12.9. The third-order valence-corrected chi connectivity index (χ3v) is 4.16. The van der Waals surface area contributed by atoms with Crippen molar-refractivity contribution in [3.8, 4) is 0 Å². The number of rotatable bonds is 4. The molecule has 1 unspecified atom stereocenters. The van der Waals surface area contributed by atoms with E-state index in [4.69, 9.17) is 0 Å². The smallest absolute Gasteiger partial charge is 0.277 e. The van der Waals surface area contributed by atoms with Crippen LogP contribution in [0.4, 0.5) is 5.69 Å². The van der Waals surface area contributed by atoms with E-state index < -0.39 is 0 Å². The lowest BCUT2D eigenvalue weighted by molar-refractivity contribution is 0.0948. The van der Waals surface area contributed by atoms with E-state index in [1.165, 1.54) is 0 Å². The van der Waals surface area contributed by atoms with Gasteiger partial charge in [0.2, 0.25) is 0 Å². The van der Waals surface area contributed by atoms with Crippen molar-refractivity contribution in [2.75, 3.05) is 11.4 Å². The van der Waals surface area contributed by atoms with Crippen LogP contribution in [0.1, 0.15) is 46.8 Å². The van der Waals surface area contributed by atoms with E-state index in [1.54, 1.807) is 23.1 Å². The van der Waals surface area contributed by atoms with E-state index in [2.05, 4.69) is 10.3 Å². The van der Waals surface area contributed by atoms with Gasteiger partial charge >= 0.3 is 0 Å². The summed E-state index contributed by atoms with van der Waals surface area (Å²) in [6.45, 7) is 4.60. The molecule has 0 aliphatic carbocycles. The highest BCUT2D eigenvalue weighted by molar-refractivity contribution is 6.07. The Hall–Kier alpha value is -2.69. The number of fused-ring (bicyclic) bond motifs is 1. The van der Waals surface area contributed by atoms with Gasteiger partial charge in [-0.25, -0.2) is 4.98 Å². The number of hydrogen-bond donors (Lipinski definition) is 1. The number of nitrogens with zero attached hydrogens (tertiary/aromatic N) is 2. The fourth-order valence-corrected chi connectivity index (χ4v) is 3.01. The summed E-state index contributed by atoms with van der Waals surface area (Å²) >= 11 is 0. The summed E-state index contributed by atoms with van der Waals surface area (Å²) in [6, 6.07) is 13.0. The average molecular weight is 323 g/mol. The predicted octanol–water partition coefficient (Wildman–Crippen LogP) is 2.81. The molecule has 1 aliphatic heterocycles. The minimum atomic E-state index is -0.249. The molecule has 1 N–H and O–H groups in total. The molecule has 3 rings (SSSR count). The number of pyridine rings is 1. The molecule has 0 bridgehead atoms. The van der Waals surface area contributed by atoms with E-state index in [0.717, 1.165) is 24.1 Å². The Morgan fingerprint density at radius 1 is 1.17 bits per heavy atom. The van der Waals surface area contributed by atoms with Crippen LogP contribution in [0.2, 0.25) is 0 Å². The molecule has 2 amide bonds. The fraction of sp³-hybridized carbons (Fsp3) is 0.316. The molecule has 0 radical (unpaired) electrons. The van der Waals surface area contributed by atoms with Crippen molar-refractivity contribution in [3.05, 3.63) is 59.4 Å². The molecule has 5 nitrogen and oxygen atoms in total. The first-order chi connectivity index (χ1) is 11.6. The molecule has 2 aromatic rings. The van der Waals surface area contributed by atoms with Gasteiger partial charge < -0.3 is 10.2 Å². The number of hydrogen-bond acceptors (Lipinski definition) is 3. The number of para-hydroxylation sites is 1. The van der Waals surface area contributed by atoms with Crippen LogP contribution >= 0.6 is 0 Å². The predicted molar refractivity (Wildman–Crippen MR) is 93.3 cm³/mol. The van der Waals surface area contributed by atoms with Crippen LogP contribution in [0.3, 0.4) is 0 Å². The summed E-state index contributed by atoms with van der Waals surface area (Å²) in [4.78, 5) is 31.0. The summed E-state index contributed by atoms with van der Waals surface area (Å²) in [5.74, 6) is -0.418. The van der Waals surface area contributed by atoms with Crippen molar-refractivity contribution in [1.82, 2.24) is 10.3 Å². The van der Waals surface area contributed by atoms with Gasteiger partial charge in [0.15, 0.2) is 0 Å². The Morgan fingerprint density at radius 3 is 2.71 bits per heavy atom. The van der Waals surface area contributed by atoms with E-state index >= 15 is 0 Å². The number of carbonyl (C=O) groups is 2. The van der Waals surface area contributed by atoms with Crippen LogP contribution in [0.15, 0.2) is 42.5 Å². The zero-order chi connectivity index (χ0) is 17.1. The summed E-state index contributed by atoms with van der Waals surface area (Å²) in [5, 5.41) is 2.78. The molecular weight excluding hydrogens is 302 g/mol. The SMILES string of the molecule is CCCNC(=O)c1cccc(C(=O)N2c3ccccc3CC2C)n1. The second-order valence-corrected chi connectivity index (χ2v) is 6.02. The summed E-state index contributed by atoms with van der Waals surface area (Å²) in [6.07, 6.45) is 1.69. The normalized spacial score (nSPS) is 15.9. The van der Waals surface area contributed by atoms with Gasteiger partial charge in [0.05, 0.1) is 0 Å². The molecule has 2 heterocycles. The molecule has 0 fully saturated rings. The van der Waals surface area contributed by atoms with Crippen LogP contribution in [0.25, 0.3) is 0 Å². The topological polar surface area (TPSA) is 62.3 Å². The van der Waals surface area contributed by atoms with Crippen molar-refractivity contribution in [2.45, 2.75) is 32.7 Å². The Balaban J connectivity index is 1.87. The number of aromatic nitrogens is 1. The quantitative estimate of drug-likeness (QED) is 0.941. The Labute approximate surface area is 141 Å². The number of anilines is 1. The van der Waals surface area contributed by atoms with E-state index in [9.17, 15) is 9.59 Å². The molecule has 124 valence electrons. The third kappa shape index (κ3) is 3.02. The highest BCUT2D eigenvalue weighted by Gasteiger charge is 2.32. The molecule has 0 saturated carbocycles. The molecular formula is C19H21N3O2. The maximum absolute atomic E-state index is 12.9. The number of carbonyl (C=O) groups excluding carboxylic acids is 2. The van der Waals surface area contributed by atoms with Crippen molar-refractivity contribution in [2.24, 2.45) is 0 Å². The lowest BCUT2D eigenvalue weighted by Gasteiger charge is -2.22. The van der Waals surface area contributed by atoms with Crippen LogP contribution in [0, 0.1) is 0 Å². The molecule has 0 saturated heterocycles. The molecule has 24 heavy (non-hydrogen) atoms. The largest absolute Gasteiger partial charge is 0.351 e. The molecule has 1 aromatic heterocycles. The minimum Gasteiger partial charge on any atom is -0.351 e. The number of benzene rings is 1. The zero-order valence-electron chi connectivity index (χ0n) is 14.0. The molecule has 1 aromatic carbocycles. The number of nitrogens with one attached hydrogen (secondary N) is 1. The highest BCUT2D eigenvalue weighted by Crippen LogP contribution is 2.32. The zero-order valence-corrected chi connectivity index (χ0v) is 14.0. The van der Waals surface area contributed by atoms with E-state index in [1.807, 2.05) is 38.1 Å². The van der Waals surface area contributed by atoms with Gasteiger partial charge in [-0.1, -0.05) is 31.2 Å². The Bertz CT molecular complexity index is 773. The van der Waals surface area contributed by atoms with Crippen molar-refractivity contribution >= 4 is 17.5 Å². The van der Waals surface area contributed by atoms with E-state index in [-0.39, 0.29) is 23.6 Å². The summed E-state index contributed by atoms with van der Waals surface area (Å²) in [7, 11) is 0. The van der Waals surface area contributed by atoms with Gasteiger partial charge in [-0.3, -0.25) is 9.59 Å². The Morgan fingerprint density at radius 2 is 1.92 bits per heavy atom. The van der Waals surface area contributed by atoms with Gasteiger partial charge in [-0.15, -0.1) is 0 Å². The fourth-order valence-electron chi connectivity index (χ4n) is 3.01. The molecule has 1 atom stereocenters. The van der Waals surface area contributed by atoms with Crippen LogP contribution in [-0.4, -0.2) is 29.4 Å². The minimum absolute atomic E-state index is 0.0780. The van der Waals surface area contributed by atoms with Crippen LogP contribution in [-0.2, 0) is 6.42 Å². The maximum Gasteiger partial charge on any atom is 0.277 e. The lowest BCUT2D eigenvalue weighted by atomic mass is 10.1. The van der Waals surface area contributed by atoms with Gasteiger partial charge in [0.1, 0.15) is 11.4 Å². The van der Waals surface area contributed by atoms with E-state index in [0.29, 0.717) is 12.2 Å². The van der Waals surface area contributed by atoms with Gasteiger partial charge in [-0.05, 0) is 43.5 Å². The second kappa shape index (κ2) is 6.83.